The van der Waals surface area contributed by atoms with Crippen molar-refractivity contribution >= 4 is 21.6 Å². The van der Waals surface area contributed by atoms with Gasteiger partial charge < -0.3 is 0 Å². The van der Waals surface area contributed by atoms with E-state index in [1.165, 1.54) is 24.3 Å². The summed E-state index contributed by atoms with van der Waals surface area (Å²) < 4.78 is 0. The van der Waals surface area contributed by atoms with Crippen LogP contribution in [0.2, 0.25) is 0 Å². The second-order valence-electron chi connectivity index (χ2n) is 1.79. The molecule has 0 aliphatic rings. The van der Waals surface area contributed by atoms with Crippen LogP contribution in [0.15, 0.2) is 0 Å². The van der Waals surface area contributed by atoms with Crippen LogP contribution in [-0.2, 0) is 0 Å². The molecule has 0 rings (SSSR count). The highest BCUT2D eigenvalue weighted by atomic mass is 33.1. The van der Waals surface area contributed by atoms with Crippen LogP contribution in [-0.4, -0.2) is 11.5 Å². The van der Waals surface area contributed by atoms with E-state index in [2.05, 4.69) is 13.8 Å². The highest BCUT2D eigenvalue weighted by molar-refractivity contribution is 8.76. The van der Waals surface area contributed by atoms with Gasteiger partial charge in [-0.2, -0.15) is 0 Å². The lowest BCUT2D eigenvalue weighted by Crippen LogP contribution is -1.75. The summed E-state index contributed by atoms with van der Waals surface area (Å²) in [6.45, 7) is 5.98. The normalized spacial score (nSPS) is 10.0. The highest BCUT2D eigenvalue weighted by Crippen LogP contribution is 2.21. The van der Waals surface area contributed by atoms with Crippen molar-refractivity contribution in [2.24, 2.45) is 0 Å². The lowest BCUT2D eigenvalue weighted by molar-refractivity contribution is 0.822. The Kier molecular flexibility index (Phi) is 9.38. The van der Waals surface area contributed by atoms with Gasteiger partial charge in [0.15, 0.2) is 0 Å². The van der Waals surface area contributed by atoms with Gasteiger partial charge in [0.1, 0.15) is 0 Å². The Morgan fingerprint density at radius 3 is 2.56 bits per heavy atom. The predicted octanol–water partition coefficient (Wildman–Crippen LogP) is 3.39. The summed E-state index contributed by atoms with van der Waals surface area (Å²) in [4.78, 5) is 0. The van der Waals surface area contributed by atoms with Crippen LogP contribution >= 0.6 is 21.6 Å². The van der Waals surface area contributed by atoms with E-state index in [1.54, 1.807) is 0 Å². The van der Waals surface area contributed by atoms with Crippen LogP contribution in [0.1, 0.15) is 26.2 Å². The van der Waals surface area contributed by atoms with Crippen molar-refractivity contribution in [3.63, 3.8) is 0 Å². The lowest BCUT2D eigenvalue weighted by Gasteiger charge is -1.95. The van der Waals surface area contributed by atoms with Crippen molar-refractivity contribution < 1.29 is 0 Å². The Morgan fingerprint density at radius 2 is 2.00 bits per heavy atom. The summed E-state index contributed by atoms with van der Waals surface area (Å²) in [7, 11) is 3.94. The van der Waals surface area contributed by atoms with Gasteiger partial charge in [-0.25, -0.2) is 0 Å². The molecule has 0 amide bonds. The van der Waals surface area contributed by atoms with Gasteiger partial charge in [-0.15, -0.1) is 0 Å². The average molecular weight is 163 g/mol. The average Bonchev–Trinajstić information content (AvgIpc) is 1.89. The molecule has 0 spiro atoms. The van der Waals surface area contributed by atoms with Crippen molar-refractivity contribution in [2.45, 2.75) is 26.2 Å². The van der Waals surface area contributed by atoms with Crippen LogP contribution in [0.25, 0.3) is 0 Å². The monoisotopic (exact) mass is 163 g/mol. The molecule has 0 heterocycles. The van der Waals surface area contributed by atoms with Gasteiger partial charge in [-0.05, 0) is 6.42 Å². The molecule has 0 saturated heterocycles. The second-order valence-corrected chi connectivity index (χ2v) is 4.66. The molecule has 0 atom stereocenters. The van der Waals surface area contributed by atoms with E-state index in [9.17, 15) is 0 Å². The largest absolute Gasteiger partial charge is 0.0944 e. The highest BCUT2D eigenvalue weighted by Gasteiger charge is 1.86. The zero-order chi connectivity index (χ0) is 6.95. The molecule has 0 aromatic heterocycles. The molecule has 9 heavy (non-hydrogen) atoms. The fraction of sp³-hybridized carbons (Fsp3) is 0.857. The predicted molar refractivity (Wildman–Crippen MR) is 49.8 cm³/mol. The van der Waals surface area contributed by atoms with Crippen LogP contribution in [0.5, 0.6) is 0 Å². The van der Waals surface area contributed by atoms with Gasteiger partial charge in [0.05, 0.1) is 0 Å². The molecular weight excluding hydrogens is 148 g/mol. The Balaban J connectivity index is 2.60. The Labute approximate surface area is 66.6 Å². The van der Waals surface area contributed by atoms with Crippen molar-refractivity contribution in [3.05, 3.63) is 6.92 Å². The maximum atomic E-state index is 3.79. The molecule has 0 unspecified atom stereocenters. The minimum Gasteiger partial charge on any atom is -0.0944 e. The van der Waals surface area contributed by atoms with Crippen LogP contribution < -0.4 is 0 Å². The topological polar surface area (TPSA) is 0 Å². The van der Waals surface area contributed by atoms with E-state index in [0.717, 1.165) is 6.42 Å². The van der Waals surface area contributed by atoms with Crippen LogP contribution in [0.4, 0.5) is 0 Å². The molecule has 1 radical (unpaired) electrons. The molecule has 0 aromatic rings. The quantitative estimate of drug-likeness (QED) is 0.435. The van der Waals surface area contributed by atoms with Crippen molar-refractivity contribution in [3.8, 4) is 0 Å². The first-order chi connectivity index (χ1) is 4.41. The molecule has 55 valence electrons. The molecule has 0 bridgehead atoms. The van der Waals surface area contributed by atoms with Gasteiger partial charge in [0.2, 0.25) is 0 Å². The molecule has 0 fully saturated rings. The molecule has 0 nitrogen and oxygen atoms in total. The first kappa shape index (κ1) is 9.70. The van der Waals surface area contributed by atoms with E-state index in [4.69, 9.17) is 0 Å². The first-order valence-corrected chi connectivity index (χ1v) is 5.94. The molecular formula is C7H15S2. The van der Waals surface area contributed by atoms with Gasteiger partial charge in [-0.3, -0.25) is 0 Å². The standard InChI is InChI=1S/C7H15S2/c1-3-5-6-7-9-8-4-2/h1,3-7H2,2H3. The molecule has 0 aliphatic heterocycles. The smallest absolute Gasteiger partial charge is 0.00369 e. The number of hydrogen-bond acceptors (Lipinski definition) is 2. The van der Waals surface area contributed by atoms with Crippen molar-refractivity contribution in [1.82, 2.24) is 0 Å². The van der Waals surface area contributed by atoms with E-state index in [1.807, 2.05) is 21.6 Å². The number of rotatable bonds is 6. The first-order valence-electron chi connectivity index (χ1n) is 3.45. The van der Waals surface area contributed by atoms with E-state index < -0.39 is 0 Å². The Hall–Kier alpha value is 0.700. The van der Waals surface area contributed by atoms with E-state index in [-0.39, 0.29) is 0 Å². The van der Waals surface area contributed by atoms with Crippen LogP contribution in [0, 0.1) is 6.92 Å². The summed E-state index contributed by atoms with van der Waals surface area (Å²) >= 11 is 0. The Bertz CT molecular complexity index is 40.2. The summed E-state index contributed by atoms with van der Waals surface area (Å²) in [6, 6.07) is 0. The summed E-state index contributed by atoms with van der Waals surface area (Å²) in [5.74, 6) is 2.53. The molecule has 0 N–H and O–H groups in total. The van der Waals surface area contributed by atoms with E-state index in [0.29, 0.717) is 0 Å². The summed E-state index contributed by atoms with van der Waals surface area (Å²) in [5.41, 5.74) is 0. The van der Waals surface area contributed by atoms with Crippen LogP contribution in [0.3, 0.4) is 0 Å². The summed E-state index contributed by atoms with van der Waals surface area (Å²) in [5, 5.41) is 0. The zero-order valence-electron chi connectivity index (χ0n) is 6.06. The minimum atomic E-state index is 1.09. The molecule has 2 heteroatoms. The maximum absolute atomic E-state index is 3.79. The zero-order valence-corrected chi connectivity index (χ0v) is 7.69. The second kappa shape index (κ2) is 8.70. The molecule has 0 aliphatic carbocycles. The van der Waals surface area contributed by atoms with E-state index >= 15 is 0 Å². The van der Waals surface area contributed by atoms with Gasteiger partial charge in [0.25, 0.3) is 0 Å². The van der Waals surface area contributed by atoms with Crippen molar-refractivity contribution in [2.75, 3.05) is 11.5 Å². The van der Waals surface area contributed by atoms with Gasteiger partial charge >= 0.3 is 0 Å². The fourth-order valence-electron chi connectivity index (χ4n) is 0.480. The SMILES string of the molecule is [CH2]CCCCSSCC. The summed E-state index contributed by atoms with van der Waals surface area (Å²) in [6.07, 6.45) is 3.72. The molecule has 0 aromatic carbocycles. The van der Waals surface area contributed by atoms with Crippen molar-refractivity contribution in [1.29, 1.82) is 0 Å². The Morgan fingerprint density at radius 1 is 1.22 bits per heavy atom. The number of hydrogen-bond donors (Lipinski definition) is 0. The van der Waals surface area contributed by atoms with Gasteiger partial charge in [-0.1, -0.05) is 48.3 Å². The molecule has 0 saturated carbocycles. The third-order valence-electron chi connectivity index (χ3n) is 0.929. The number of unbranched alkanes of at least 4 members (excludes halogenated alkanes) is 2. The maximum Gasteiger partial charge on any atom is 0.00369 e. The van der Waals surface area contributed by atoms with Gasteiger partial charge in [0, 0.05) is 11.5 Å². The lowest BCUT2D eigenvalue weighted by atomic mass is 10.3. The minimum absolute atomic E-state index is 1.09. The fourth-order valence-corrected chi connectivity index (χ4v) is 2.29. The third kappa shape index (κ3) is 8.70. The third-order valence-corrected chi connectivity index (χ3v) is 3.49.